The van der Waals surface area contributed by atoms with Gasteiger partial charge in [-0.3, -0.25) is 9.69 Å². The molecule has 2 N–H and O–H groups in total. The zero-order valence-electron chi connectivity index (χ0n) is 14.7. The van der Waals surface area contributed by atoms with Crippen LogP contribution in [0.5, 0.6) is 0 Å². The average molecular weight is 352 g/mol. The minimum Gasteiger partial charge on any atom is -0.478 e. The Morgan fingerprint density at radius 1 is 1.04 bits per heavy atom. The maximum atomic E-state index is 12.3. The summed E-state index contributed by atoms with van der Waals surface area (Å²) in [7, 11) is 0. The summed E-state index contributed by atoms with van der Waals surface area (Å²) in [6.45, 7) is 2.27. The first-order chi connectivity index (χ1) is 12.6. The Morgan fingerprint density at radius 2 is 1.81 bits per heavy atom. The average Bonchev–Trinajstić information content (AvgIpc) is 2.68. The van der Waals surface area contributed by atoms with E-state index in [2.05, 4.69) is 10.2 Å². The molecule has 1 saturated heterocycles. The third-order valence-electron chi connectivity index (χ3n) is 4.84. The summed E-state index contributed by atoms with van der Waals surface area (Å²) < 4.78 is 0. The van der Waals surface area contributed by atoms with Gasteiger partial charge in [-0.05, 0) is 49.2 Å². The number of benzene rings is 2. The Bertz CT molecular complexity index is 761. The van der Waals surface area contributed by atoms with Crippen molar-refractivity contribution in [2.75, 3.05) is 13.1 Å². The van der Waals surface area contributed by atoms with E-state index < -0.39 is 5.97 Å². The van der Waals surface area contributed by atoms with Crippen molar-refractivity contribution in [1.82, 2.24) is 10.2 Å². The molecule has 5 heteroatoms. The molecule has 1 aliphatic heterocycles. The molecule has 2 aromatic rings. The van der Waals surface area contributed by atoms with Crippen LogP contribution in [-0.4, -0.2) is 41.0 Å². The summed E-state index contributed by atoms with van der Waals surface area (Å²) in [6, 6.07) is 16.6. The smallest absolute Gasteiger partial charge is 0.335 e. The molecule has 1 aliphatic rings. The second kappa shape index (κ2) is 8.63. The number of likely N-dealkylation sites (tertiary alicyclic amines) is 1. The number of piperidine rings is 1. The number of aromatic carboxylic acids is 1. The lowest BCUT2D eigenvalue weighted by atomic mass is 10.0. The fourth-order valence-electron chi connectivity index (χ4n) is 3.44. The molecule has 0 spiro atoms. The summed E-state index contributed by atoms with van der Waals surface area (Å²) in [6.07, 6.45) is 3.31. The van der Waals surface area contributed by atoms with Gasteiger partial charge in [0.2, 0.25) is 0 Å². The second-order valence-electron chi connectivity index (χ2n) is 6.70. The topological polar surface area (TPSA) is 69.6 Å². The Kier molecular flexibility index (Phi) is 6.02. The maximum Gasteiger partial charge on any atom is 0.335 e. The van der Waals surface area contributed by atoms with Crippen LogP contribution in [0.1, 0.15) is 45.5 Å². The van der Waals surface area contributed by atoms with Crippen molar-refractivity contribution in [3.05, 3.63) is 71.3 Å². The highest BCUT2D eigenvalue weighted by Gasteiger charge is 2.23. The van der Waals surface area contributed by atoms with Crippen molar-refractivity contribution >= 4 is 11.9 Å². The number of nitrogens with one attached hydrogen (secondary N) is 1. The van der Waals surface area contributed by atoms with Crippen LogP contribution >= 0.6 is 0 Å². The molecule has 1 amide bonds. The first-order valence-electron chi connectivity index (χ1n) is 9.03. The van der Waals surface area contributed by atoms with Gasteiger partial charge < -0.3 is 10.4 Å². The molecule has 0 bridgehead atoms. The zero-order chi connectivity index (χ0) is 18.4. The minimum atomic E-state index is -0.905. The number of carbonyl (C=O) groups excluding carboxylic acids is 1. The predicted octanol–water partition coefficient (Wildman–Crippen LogP) is 3.17. The van der Waals surface area contributed by atoms with Crippen LogP contribution in [-0.2, 0) is 6.54 Å². The monoisotopic (exact) mass is 352 g/mol. The lowest BCUT2D eigenvalue weighted by Gasteiger charge is -2.36. The minimum absolute atomic E-state index is 0.0519. The quantitative estimate of drug-likeness (QED) is 0.838. The SMILES string of the molecule is O=C(O)c1cccc(CN2CCCCC2CNC(=O)c2ccccc2)c1. The van der Waals surface area contributed by atoms with Crippen LogP contribution in [0.25, 0.3) is 0 Å². The summed E-state index contributed by atoms with van der Waals surface area (Å²) in [4.78, 5) is 25.8. The molecule has 136 valence electrons. The van der Waals surface area contributed by atoms with Crippen molar-refractivity contribution in [1.29, 1.82) is 0 Å². The van der Waals surface area contributed by atoms with Crippen molar-refractivity contribution in [3.8, 4) is 0 Å². The van der Waals surface area contributed by atoms with E-state index in [0.717, 1.165) is 31.4 Å². The van der Waals surface area contributed by atoms with Gasteiger partial charge in [-0.2, -0.15) is 0 Å². The van der Waals surface area contributed by atoms with E-state index in [1.54, 1.807) is 18.2 Å². The molecule has 1 unspecified atom stereocenters. The summed E-state index contributed by atoms with van der Waals surface area (Å²) >= 11 is 0. The normalized spacial score (nSPS) is 17.6. The van der Waals surface area contributed by atoms with Gasteiger partial charge in [0.05, 0.1) is 5.56 Å². The van der Waals surface area contributed by atoms with E-state index in [0.29, 0.717) is 24.2 Å². The van der Waals surface area contributed by atoms with Gasteiger partial charge in [0.15, 0.2) is 0 Å². The highest BCUT2D eigenvalue weighted by molar-refractivity contribution is 5.94. The lowest BCUT2D eigenvalue weighted by Crippen LogP contribution is -2.46. The molecule has 1 atom stereocenters. The lowest BCUT2D eigenvalue weighted by molar-refractivity contribution is 0.0696. The van der Waals surface area contributed by atoms with Gasteiger partial charge in [-0.15, -0.1) is 0 Å². The largest absolute Gasteiger partial charge is 0.478 e. The maximum absolute atomic E-state index is 12.3. The number of hydrogen-bond acceptors (Lipinski definition) is 3. The van der Waals surface area contributed by atoms with Gasteiger partial charge >= 0.3 is 5.97 Å². The predicted molar refractivity (Wildman–Crippen MR) is 100 cm³/mol. The molecular formula is C21H24N2O3. The molecular weight excluding hydrogens is 328 g/mol. The summed E-state index contributed by atoms with van der Waals surface area (Å²) in [5.41, 5.74) is 1.98. The fraction of sp³-hybridized carbons (Fsp3) is 0.333. The van der Waals surface area contributed by atoms with E-state index in [1.165, 1.54) is 0 Å². The van der Waals surface area contributed by atoms with Gasteiger partial charge in [-0.25, -0.2) is 4.79 Å². The summed E-state index contributed by atoms with van der Waals surface area (Å²) in [5.74, 6) is -0.957. The number of rotatable bonds is 6. The molecule has 3 rings (SSSR count). The number of carboxylic acid groups (broad SMARTS) is 1. The Labute approximate surface area is 153 Å². The van der Waals surface area contributed by atoms with Crippen LogP contribution in [0.3, 0.4) is 0 Å². The van der Waals surface area contributed by atoms with Gasteiger partial charge in [0.1, 0.15) is 0 Å². The number of nitrogens with zero attached hydrogens (tertiary/aromatic N) is 1. The van der Waals surface area contributed by atoms with Crippen molar-refractivity contribution in [3.63, 3.8) is 0 Å². The second-order valence-corrected chi connectivity index (χ2v) is 6.70. The molecule has 0 aliphatic carbocycles. The van der Waals surface area contributed by atoms with Crippen molar-refractivity contribution < 1.29 is 14.7 Å². The molecule has 0 saturated carbocycles. The number of amides is 1. The molecule has 5 nitrogen and oxygen atoms in total. The van der Waals surface area contributed by atoms with Gasteiger partial charge in [0.25, 0.3) is 5.91 Å². The third-order valence-corrected chi connectivity index (χ3v) is 4.84. The molecule has 2 aromatic carbocycles. The van der Waals surface area contributed by atoms with E-state index in [-0.39, 0.29) is 11.9 Å². The van der Waals surface area contributed by atoms with Crippen LogP contribution in [0, 0.1) is 0 Å². The molecule has 1 heterocycles. The molecule has 26 heavy (non-hydrogen) atoms. The first-order valence-corrected chi connectivity index (χ1v) is 9.03. The zero-order valence-corrected chi connectivity index (χ0v) is 14.7. The van der Waals surface area contributed by atoms with Gasteiger partial charge in [-0.1, -0.05) is 36.8 Å². The molecule has 0 radical (unpaired) electrons. The number of hydrogen-bond donors (Lipinski definition) is 2. The summed E-state index contributed by atoms with van der Waals surface area (Å²) in [5, 5.41) is 12.2. The van der Waals surface area contributed by atoms with Crippen LogP contribution in [0.4, 0.5) is 0 Å². The highest BCUT2D eigenvalue weighted by Crippen LogP contribution is 2.20. The van der Waals surface area contributed by atoms with E-state index in [1.807, 2.05) is 36.4 Å². The number of carbonyl (C=O) groups is 2. The van der Waals surface area contributed by atoms with Gasteiger partial charge in [0, 0.05) is 24.7 Å². The third kappa shape index (κ3) is 4.70. The first kappa shape index (κ1) is 18.1. The molecule has 0 aromatic heterocycles. The Hall–Kier alpha value is -2.66. The van der Waals surface area contributed by atoms with Crippen molar-refractivity contribution in [2.24, 2.45) is 0 Å². The molecule has 1 fully saturated rings. The number of carboxylic acids is 1. The van der Waals surface area contributed by atoms with E-state index in [4.69, 9.17) is 5.11 Å². The van der Waals surface area contributed by atoms with E-state index >= 15 is 0 Å². The highest BCUT2D eigenvalue weighted by atomic mass is 16.4. The Morgan fingerprint density at radius 3 is 2.58 bits per heavy atom. The van der Waals surface area contributed by atoms with Crippen LogP contribution < -0.4 is 5.32 Å². The van der Waals surface area contributed by atoms with E-state index in [9.17, 15) is 9.59 Å². The van der Waals surface area contributed by atoms with Crippen LogP contribution in [0.15, 0.2) is 54.6 Å². The van der Waals surface area contributed by atoms with Crippen molar-refractivity contribution in [2.45, 2.75) is 31.8 Å². The Balaban J connectivity index is 1.62. The fourth-order valence-corrected chi connectivity index (χ4v) is 3.44. The standard InChI is InChI=1S/C21H24N2O3/c24-20(17-8-2-1-3-9-17)22-14-19-11-4-5-12-23(19)15-16-7-6-10-18(13-16)21(25)26/h1-3,6-10,13,19H,4-5,11-12,14-15H2,(H,22,24)(H,25,26). The van der Waals surface area contributed by atoms with Crippen LogP contribution in [0.2, 0.25) is 0 Å².